The first-order chi connectivity index (χ1) is 16.6. The highest BCUT2D eigenvalue weighted by molar-refractivity contribution is 6.30. The predicted molar refractivity (Wildman–Crippen MR) is 140 cm³/mol. The number of nitrogens with zero attached hydrogens (tertiary/aromatic N) is 1. The highest BCUT2D eigenvalue weighted by Gasteiger charge is 2.51. The lowest BCUT2D eigenvalue weighted by atomic mass is 9.57. The summed E-state index contributed by atoms with van der Waals surface area (Å²) in [4.78, 5) is 27.3. The fraction of sp³-hybridized carbons (Fsp3) is 0.400. The van der Waals surface area contributed by atoms with Crippen molar-refractivity contribution in [3.8, 4) is 0 Å². The van der Waals surface area contributed by atoms with Crippen LogP contribution in [-0.4, -0.2) is 35.0 Å². The average Bonchev–Trinajstić information content (AvgIpc) is 2.79. The molecule has 35 heavy (non-hydrogen) atoms. The number of rotatable bonds is 4. The Hall–Kier alpha value is -2.85. The van der Waals surface area contributed by atoms with Crippen LogP contribution in [0.2, 0.25) is 5.02 Å². The minimum atomic E-state index is -0.913. The van der Waals surface area contributed by atoms with Crippen molar-refractivity contribution in [2.45, 2.75) is 51.9 Å². The van der Waals surface area contributed by atoms with E-state index in [2.05, 4.69) is 37.8 Å². The number of carboxylic acids is 1. The second-order valence-corrected chi connectivity index (χ2v) is 11.6. The van der Waals surface area contributed by atoms with E-state index in [4.69, 9.17) is 11.6 Å². The van der Waals surface area contributed by atoms with Gasteiger partial charge in [-0.3, -0.25) is 4.79 Å². The van der Waals surface area contributed by atoms with Crippen LogP contribution in [0, 0.1) is 10.8 Å². The summed E-state index contributed by atoms with van der Waals surface area (Å²) >= 11 is 6.12. The van der Waals surface area contributed by atoms with Gasteiger partial charge >= 0.3 is 5.97 Å². The Kier molecular flexibility index (Phi) is 5.71. The average molecular weight is 490 g/mol. The fourth-order valence-electron chi connectivity index (χ4n) is 6.58. The number of amides is 1. The van der Waals surface area contributed by atoms with Gasteiger partial charge in [0.1, 0.15) is 0 Å². The van der Waals surface area contributed by atoms with E-state index < -0.39 is 11.4 Å². The Morgan fingerprint density at radius 2 is 1.60 bits per heavy atom. The summed E-state index contributed by atoms with van der Waals surface area (Å²) < 4.78 is 0. The Labute approximate surface area is 212 Å². The van der Waals surface area contributed by atoms with E-state index in [1.807, 2.05) is 36.4 Å². The molecule has 2 aromatic rings. The molecule has 2 aromatic carbocycles. The van der Waals surface area contributed by atoms with Gasteiger partial charge in [0.15, 0.2) is 0 Å². The Balaban J connectivity index is 1.42. The molecular formula is C30H32ClNO3. The zero-order valence-corrected chi connectivity index (χ0v) is 21.4. The standard InChI is InChI=1S/C30H32ClNO3/c1-28(2)24(20-5-7-21(8-6-20)26(33)34)13-17-29(3)19-32(18-14-25(28)29)27(35)30(15-4-16-30)22-9-11-23(31)12-10-22/h5-14H,4,15-19H2,1-3H3,(H,33,34)/t29-/m1/s1. The molecule has 1 saturated carbocycles. The molecule has 3 aliphatic rings. The van der Waals surface area contributed by atoms with Crippen molar-refractivity contribution in [3.63, 3.8) is 0 Å². The summed E-state index contributed by atoms with van der Waals surface area (Å²) in [5.74, 6) is -0.678. The molecule has 4 nitrogen and oxygen atoms in total. The minimum absolute atomic E-state index is 0.132. The summed E-state index contributed by atoms with van der Waals surface area (Å²) in [6.45, 7) is 8.08. The molecule has 1 heterocycles. The topological polar surface area (TPSA) is 57.6 Å². The first-order valence-corrected chi connectivity index (χ1v) is 12.8. The molecule has 0 radical (unpaired) electrons. The Bertz CT molecular complexity index is 1240. The number of hydrogen-bond acceptors (Lipinski definition) is 2. The van der Waals surface area contributed by atoms with E-state index in [0.717, 1.165) is 36.8 Å². The van der Waals surface area contributed by atoms with E-state index in [9.17, 15) is 14.7 Å². The smallest absolute Gasteiger partial charge is 0.335 e. The van der Waals surface area contributed by atoms with Crippen LogP contribution in [0.3, 0.4) is 0 Å². The van der Waals surface area contributed by atoms with E-state index in [1.54, 1.807) is 12.1 Å². The van der Waals surface area contributed by atoms with Gasteiger partial charge in [-0.05, 0) is 60.2 Å². The van der Waals surface area contributed by atoms with E-state index in [0.29, 0.717) is 23.7 Å². The quantitative estimate of drug-likeness (QED) is 0.483. The highest BCUT2D eigenvalue weighted by Crippen LogP contribution is 2.56. The normalized spacial score (nSPS) is 24.5. The molecule has 1 atom stereocenters. The van der Waals surface area contributed by atoms with Gasteiger partial charge in [0, 0.05) is 28.9 Å². The second-order valence-electron chi connectivity index (χ2n) is 11.1. The van der Waals surface area contributed by atoms with Crippen LogP contribution in [0.15, 0.2) is 66.3 Å². The van der Waals surface area contributed by atoms with Crippen LogP contribution in [-0.2, 0) is 10.2 Å². The van der Waals surface area contributed by atoms with Crippen LogP contribution in [0.1, 0.15) is 67.9 Å². The van der Waals surface area contributed by atoms with E-state index in [1.165, 1.54) is 11.1 Å². The summed E-state index contributed by atoms with van der Waals surface area (Å²) in [7, 11) is 0. The summed E-state index contributed by atoms with van der Waals surface area (Å²) in [5.41, 5.74) is 4.24. The van der Waals surface area contributed by atoms with Crippen molar-refractivity contribution < 1.29 is 14.7 Å². The van der Waals surface area contributed by atoms with Gasteiger partial charge in [0.2, 0.25) is 5.91 Å². The predicted octanol–water partition coefficient (Wildman–Crippen LogP) is 6.75. The first kappa shape index (κ1) is 23.9. The van der Waals surface area contributed by atoms with E-state index >= 15 is 0 Å². The van der Waals surface area contributed by atoms with Crippen molar-refractivity contribution >= 4 is 29.1 Å². The maximum Gasteiger partial charge on any atom is 0.335 e. The lowest BCUT2D eigenvalue weighted by molar-refractivity contribution is -0.142. The van der Waals surface area contributed by atoms with Gasteiger partial charge < -0.3 is 10.0 Å². The molecule has 2 aliphatic carbocycles. The number of allylic oxidation sites excluding steroid dienone is 2. The molecule has 1 aliphatic heterocycles. The van der Waals surface area contributed by atoms with Gasteiger partial charge in [0.25, 0.3) is 0 Å². The van der Waals surface area contributed by atoms with Gasteiger partial charge in [-0.25, -0.2) is 4.79 Å². The summed E-state index contributed by atoms with van der Waals surface area (Å²) in [6.07, 6.45) is 8.25. The Morgan fingerprint density at radius 1 is 0.943 bits per heavy atom. The fourth-order valence-corrected chi connectivity index (χ4v) is 6.71. The molecule has 1 fully saturated rings. The number of hydrogen-bond donors (Lipinski definition) is 1. The molecular weight excluding hydrogens is 458 g/mol. The number of halogens is 1. The van der Waals surface area contributed by atoms with Gasteiger partial charge in [-0.1, -0.05) is 80.8 Å². The molecule has 1 amide bonds. The van der Waals surface area contributed by atoms with Crippen LogP contribution in [0.4, 0.5) is 0 Å². The number of carbonyl (C=O) groups excluding carboxylic acids is 1. The van der Waals surface area contributed by atoms with Gasteiger partial charge in [0.05, 0.1) is 11.0 Å². The number of benzene rings is 2. The number of carboxylic acid groups (broad SMARTS) is 1. The van der Waals surface area contributed by atoms with Crippen molar-refractivity contribution in [3.05, 3.63) is 88.0 Å². The maximum atomic E-state index is 13.9. The summed E-state index contributed by atoms with van der Waals surface area (Å²) in [5, 5.41) is 9.94. The summed E-state index contributed by atoms with van der Waals surface area (Å²) in [6, 6.07) is 15.0. The highest BCUT2D eigenvalue weighted by atomic mass is 35.5. The molecule has 5 rings (SSSR count). The third kappa shape index (κ3) is 3.83. The van der Waals surface area contributed by atoms with Crippen molar-refractivity contribution in [1.82, 2.24) is 4.90 Å². The molecule has 182 valence electrons. The lowest BCUT2D eigenvalue weighted by Gasteiger charge is -2.53. The number of aromatic carboxylic acids is 1. The number of carbonyl (C=O) groups is 2. The van der Waals surface area contributed by atoms with Crippen LogP contribution in [0.5, 0.6) is 0 Å². The van der Waals surface area contributed by atoms with Crippen molar-refractivity contribution in [1.29, 1.82) is 0 Å². The largest absolute Gasteiger partial charge is 0.478 e. The van der Waals surface area contributed by atoms with Crippen LogP contribution >= 0.6 is 11.6 Å². The van der Waals surface area contributed by atoms with Crippen LogP contribution in [0.25, 0.3) is 5.57 Å². The third-order valence-corrected chi connectivity index (χ3v) is 8.80. The third-order valence-electron chi connectivity index (χ3n) is 8.55. The minimum Gasteiger partial charge on any atom is -0.478 e. The van der Waals surface area contributed by atoms with Crippen LogP contribution < -0.4 is 0 Å². The van der Waals surface area contributed by atoms with Gasteiger partial charge in [-0.15, -0.1) is 0 Å². The Morgan fingerprint density at radius 3 is 2.17 bits per heavy atom. The zero-order chi connectivity index (χ0) is 25.0. The second kappa shape index (κ2) is 8.37. The monoisotopic (exact) mass is 489 g/mol. The molecule has 0 spiro atoms. The van der Waals surface area contributed by atoms with Gasteiger partial charge in [-0.2, -0.15) is 0 Å². The molecule has 0 aromatic heterocycles. The first-order valence-electron chi connectivity index (χ1n) is 12.4. The molecule has 1 N–H and O–H groups in total. The maximum absolute atomic E-state index is 13.9. The molecule has 0 saturated heterocycles. The lowest BCUT2D eigenvalue weighted by Crippen LogP contribution is -2.56. The van der Waals surface area contributed by atoms with Crippen molar-refractivity contribution in [2.24, 2.45) is 10.8 Å². The molecule has 5 heteroatoms. The zero-order valence-electron chi connectivity index (χ0n) is 20.6. The molecule has 0 unspecified atom stereocenters. The number of fused-ring (bicyclic) bond motifs is 1. The SMILES string of the molecule is CC1(C)C(c2ccc(C(=O)O)cc2)=CC[C@]2(C)CN(C(=O)C3(c4ccc(Cl)cc4)CCC3)CC=C12. The van der Waals surface area contributed by atoms with E-state index in [-0.39, 0.29) is 16.7 Å². The van der Waals surface area contributed by atoms with Crippen molar-refractivity contribution in [2.75, 3.05) is 13.1 Å². The molecule has 0 bridgehead atoms.